The van der Waals surface area contributed by atoms with Crippen LogP contribution < -0.4 is 10.8 Å². The van der Waals surface area contributed by atoms with Crippen molar-refractivity contribution in [2.75, 3.05) is 5.32 Å². The van der Waals surface area contributed by atoms with Crippen molar-refractivity contribution in [1.29, 1.82) is 0 Å². The predicted molar refractivity (Wildman–Crippen MR) is 127 cm³/mol. The van der Waals surface area contributed by atoms with E-state index in [-0.39, 0.29) is 5.41 Å². The van der Waals surface area contributed by atoms with Gasteiger partial charge < -0.3 is 5.32 Å². The molecular formula is C27H24BN. The maximum atomic E-state index is 3.65. The molecule has 0 aliphatic heterocycles. The first kappa shape index (κ1) is 17.8. The Kier molecular flexibility index (Phi) is 4.10. The number of anilines is 2. The smallest absolute Gasteiger partial charge is 0.142 e. The molecule has 140 valence electrons. The van der Waals surface area contributed by atoms with Crippen molar-refractivity contribution in [3.63, 3.8) is 0 Å². The second-order valence-corrected chi connectivity index (χ2v) is 8.45. The van der Waals surface area contributed by atoms with Gasteiger partial charge >= 0.3 is 0 Å². The average molecular weight is 373 g/mol. The van der Waals surface area contributed by atoms with E-state index >= 15 is 0 Å². The monoisotopic (exact) mass is 373 g/mol. The minimum atomic E-state index is 0.0211. The summed E-state index contributed by atoms with van der Waals surface area (Å²) in [6, 6.07) is 32.7. The minimum absolute atomic E-state index is 0.0211. The van der Waals surface area contributed by atoms with Crippen LogP contribution in [-0.4, -0.2) is 7.85 Å². The summed E-state index contributed by atoms with van der Waals surface area (Å²) >= 11 is 0. The lowest BCUT2D eigenvalue weighted by Gasteiger charge is -2.23. The molecule has 1 N–H and O–H groups in total. The summed E-state index contributed by atoms with van der Waals surface area (Å²) in [5.74, 6) is 0. The number of fused-ring (bicyclic) bond motifs is 3. The summed E-state index contributed by atoms with van der Waals surface area (Å²) in [5.41, 5.74) is 11.6. The fourth-order valence-corrected chi connectivity index (χ4v) is 4.52. The molecule has 0 heterocycles. The van der Waals surface area contributed by atoms with E-state index in [1.165, 1.54) is 44.5 Å². The molecule has 5 rings (SSSR count). The van der Waals surface area contributed by atoms with Crippen LogP contribution in [0.3, 0.4) is 0 Å². The number of rotatable bonds is 3. The second-order valence-electron chi connectivity index (χ2n) is 8.45. The van der Waals surface area contributed by atoms with Crippen LogP contribution in [0, 0.1) is 0 Å². The number of benzene rings is 4. The first-order chi connectivity index (χ1) is 14.0. The summed E-state index contributed by atoms with van der Waals surface area (Å²) in [6.45, 7) is 4.65. The fourth-order valence-electron chi connectivity index (χ4n) is 4.52. The van der Waals surface area contributed by atoms with E-state index in [1.54, 1.807) is 0 Å². The molecule has 29 heavy (non-hydrogen) atoms. The molecule has 0 aromatic heterocycles. The maximum Gasteiger partial charge on any atom is 0.142 e. The van der Waals surface area contributed by atoms with Crippen LogP contribution in [-0.2, 0) is 5.41 Å². The molecule has 4 aromatic carbocycles. The Bertz CT molecular complexity index is 1190. The zero-order chi connectivity index (χ0) is 20.0. The van der Waals surface area contributed by atoms with E-state index in [0.29, 0.717) is 0 Å². The van der Waals surface area contributed by atoms with Gasteiger partial charge in [-0.15, -0.1) is 0 Å². The van der Waals surface area contributed by atoms with E-state index in [2.05, 4.69) is 118 Å². The molecule has 4 aromatic rings. The topological polar surface area (TPSA) is 12.0 Å². The number of hydrogen-bond donors (Lipinski definition) is 1. The predicted octanol–water partition coefficient (Wildman–Crippen LogP) is 5.66. The summed E-state index contributed by atoms with van der Waals surface area (Å²) in [5, 5.41) is 3.65. The molecule has 0 fully saturated rings. The molecule has 0 atom stereocenters. The van der Waals surface area contributed by atoms with Crippen LogP contribution in [0.2, 0.25) is 0 Å². The zero-order valence-electron chi connectivity index (χ0n) is 17.2. The highest BCUT2D eigenvalue weighted by molar-refractivity contribution is 6.36. The third-order valence-corrected chi connectivity index (χ3v) is 6.20. The Hall–Kier alpha value is -3.26. The highest BCUT2D eigenvalue weighted by atomic mass is 14.9. The van der Waals surface area contributed by atoms with Crippen molar-refractivity contribution < 1.29 is 0 Å². The van der Waals surface area contributed by atoms with Gasteiger partial charge in [0.1, 0.15) is 7.85 Å². The summed E-state index contributed by atoms with van der Waals surface area (Å²) in [4.78, 5) is 0. The lowest BCUT2D eigenvalue weighted by molar-refractivity contribution is 0.661. The molecule has 0 spiro atoms. The Morgan fingerprint density at radius 2 is 1.31 bits per heavy atom. The van der Waals surface area contributed by atoms with Gasteiger partial charge in [0, 0.05) is 16.8 Å². The molecule has 0 saturated heterocycles. The van der Waals surface area contributed by atoms with Gasteiger partial charge in [-0.3, -0.25) is 0 Å². The minimum Gasteiger partial charge on any atom is -0.356 e. The lowest BCUT2D eigenvalue weighted by Crippen LogP contribution is -2.17. The third-order valence-electron chi connectivity index (χ3n) is 6.20. The fraction of sp³-hybridized carbons (Fsp3) is 0.111. The van der Waals surface area contributed by atoms with Crippen LogP contribution in [0.4, 0.5) is 11.4 Å². The van der Waals surface area contributed by atoms with Crippen LogP contribution in [0.1, 0.15) is 25.0 Å². The van der Waals surface area contributed by atoms with E-state index in [0.717, 1.165) is 5.69 Å². The van der Waals surface area contributed by atoms with Gasteiger partial charge in [-0.2, -0.15) is 0 Å². The molecule has 1 aliphatic carbocycles. The van der Waals surface area contributed by atoms with Crippen molar-refractivity contribution in [3.05, 3.63) is 102 Å². The lowest BCUT2D eigenvalue weighted by atomic mass is 9.81. The Balaban J connectivity index is 1.49. The molecule has 0 saturated carbocycles. The summed E-state index contributed by atoms with van der Waals surface area (Å²) in [6.07, 6.45) is 0. The largest absolute Gasteiger partial charge is 0.356 e. The van der Waals surface area contributed by atoms with Gasteiger partial charge in [0.05, 0.1) is 0 Å². The molecule has 0 radical (unpaired) electrons. The zero-order valence-corrected chi connectivity index (χ0v) is 17.2. The van der Waals surface area contributed by atoms with Crippen molar-refractivity contribution >= 4 is 24.7 Å². The van der Waals surface area contributed by atoms with Gasteiger partial charge in [0.15, 0.2) is 0 Å². The standard InChI is InChI=1S/C27H24BN/c1-27(2)23-11-7-6-10-21(23)22-16-25(28)26(17-24(22)27)29-20-14-12-19(13-15-20)18-8-4-3-5-9-18/h3-17,29H,28H2,1-2H3. The van der Waals surface area contributed by atoms with Crippen LogP contribution in [0.5, 0.6) is 0 Å². The highest BCUT2D eigenvalue weighted by Crippen LogP contribution is 2.48. The van der Waals surface area contributed by atoms with Gasteiger partial charge in [0.25, 0.3) is 0 Å². The van der Waals surface area contributed by atoms with Gasteiger partial charge in [-0.05, 0) is 51.6 Å². The van der Waals surface area contributed by atoms with Crippen molar-refractivity contribution in [2.24, 2.45) is 0 Å². The van der Waals surface area contributed by atoms with E-state index in [1.807, 2.05) is 0 Å². The Morgan fingerprint density at radius 3 is 2.07 bits per heavy atom. The maximum absolute atomic E-state index is 3.65. The molecule has 0 amide bonds. The summed E-state index contributed by atoms with van der Waals surface area (Å²) < 4.78 is 0. The van der Waals surface area contributed by atoms with Crippen molar-refractivity contribution in [1.82, 2.24) is 0 Å². The first-order valence-electron chi connectivity index (χ1n) is 10.2. The van der Waals surface area contributed by atoms with Gasteiger partial charge in [-0.25, -0.2) is 0 Å². The quantitative estimate of drug-likeness (QED) is 0.457. The third kappa shape index (κ3) is 2.96. The Morgan fingerprint density at radius 1 is 0.655 bits per heavy atom. The van der Waals surface area contributed by atoms with Crippen LogP contribution in [0.15, 0.2) is 91.0 Å². The van der Waals surface area contributed by atoms with Crippen LogP contribution >= 0.6 is 0 Å². The summed E-state index contributed by atoms with van der Waals surface area (Å²) in [7, 11) is 2.19. The van der Waals surface area contributed by atoms with E-state index < -0.39 is 0 Å². The van der Waals surface area contributed by atoms with E-state index in [9.17, 15) is 0 Å². The first-order valence-corrected chi connectivity index (χ1v) is 10.2. The average Bonchev–Trinajstić information content (AvgIpc) is 2.97. The van der Waals surface area contributed by atoms with E-state index in [4.69, 9.17) is 0 Å². The molecule has 1 nitrogen and oxygen atoms in total. The number of nitrogens with one attached hydrogen (secondary N) is 1. The van der Waals surface area contributed by atoms with Crippen molar-refractivity contribution in [2.45, 2.75) is 19.3 Å². The Labute approximate surface area is 173 Å². The highest BCUT2D eigenvalue weighted by Gasteiger charge is 2.35. The van der Waals surface area contributed by atoms with Gasteiger partial charge in [0.2, 0.25) is 0 Å². The number of hydrogen-bond acceptors (Lipinski definition) is 1. The normalized spacial score (nSPS) is 13.6. The van der Waals surface area contributed by atoms with Crippen molar-refractivity contribution in [3.8, 4) is 22.3 Å². The van der Waals surface area contributed by atoms with Crippen LogP contribution in [0.25, 0.3) is 22.3 Å². The molecule has 0 unspecified atom stereocenters. The molecular weight excluding hydrogens is 349 g/mol. The second kappa shape index (κ2) is 6.67. The SMILES string of the molecule is Bc1cc2c(cc1Nc1ccc(-c3ccccc3)cc1)C(C)(C)c1ccccc1-2. The molecule has 2 heteroatoms. The molecule has 0 bridgehead atoms. The molecule has 1 aliphatic rings. The van der Waals surface area contributed by atoms with Gasteiger partial charge in [-0.1, -0.05) is 92.1 Å².